The molecule has 1 N–H and O–H groups in total. The lowest BCUT2D eigenvalue weighted by Crippen LogP contribution is -2.29. The van der Waals surface area contributed by atoms with Crippen LogP contribution in [0.25, 0.3) is 5.69 Å². The molecule has 1 atom stereocenters. The zero-order chi connectivity index (χ0) is 15.0. The number of hydrogen-bond donors (Lipinski definition) is 1. The third-order valence-electron chi connectivity index (χ3n) is 5.03. The molecule has 1 aromatic heterocycles. The van der Waals surface area contributed by atoms with Crippen molar-refractivity contribution >= 4 is 0 Å². The van der Waals surface area contributed by atoms with Gasteiger partial charge in [-0.05, 0) is 61.7 Å². The van der Waals surface area contributed by atoms with Crippen LogP contribution in [0.5, 0.6) is 0 Å². The lowest BCUT2D eigenvalue weighted by molar-refractivity contribution is 0.265. The fourth-order valence-corrected chi connectivity index (χ4v) is 3.80. The van der Waals surface area contributed by atoms with Crippen molar-refractivity contribution in [2.75, 3.05) is 26.2 Å². The highest BCUT2D eigenvalue weighted by molar-refractivity contribution is 5.32. The molecule has 3 heterocycles. The smallest absolute Gasteiger partial charge is 0.123 e. The van der Waals surface area contributed by atoms with Crippen molar-refractivity contribution in [3.63, 3.8) is 0 Å². The number of nitrogens with one attached hydrogen (secondary N) is 1. The number of hydrogen-bond acceptors (Lipinski definition) is 3. The summed E-state index contributed by atoms with van der Waals surface area (Å²) in [5.74, 6) is -0.215. The Morgan fingerprint density at radius 2 is 2.05 bits per heavy atom. The minimum atomic E-state index is -0.215. The predicted molar refractivity (Wildman–Crippen MR) is 83.3 cm³/mol. The highest BCUT2D eigenvalue weighted by atomic mass is 19.1. The summed E-state index contributed by atoms with van der Waals surface area (Å²) >= 11 is 0. The molecule has 4 rings (SSSR count). The molecule has 2 saturated heterocycles. The normalized spacial score (nSPS) is 25.3. The number of likely N-dealkylation sites (tertiary alicyclic amines) is 1. The fraction of sp³-hybridized carbons (Fsp3) is 0.471. The Morgan fingerprint density at radius 3 is 2.82 bits per heavy atom. The highest BCUT2D eigenvalue weighted by Gasteiger charge is 2.40. The van der Waals surface area contributed by atoms with Crippen LogP contribution in [0.15, 0.2) is 36.5 Å². The topological polar surface area (TPSA) is 33.1 Å². The van der Waals surface area contributed by atoms with Gasteiger partial charge < -0.3 is 5.32 Å². The van der Waals surface area contributed by atoms with E-state index in [4.69, 9.17) is 0 Å². The van der Waals surface area contributed by atoms with Crippen LogP contribution in [0.3, 0.4) is 0 Å². The molecule has 0 saturated carbocycles. The molecule has 1 aromatic carbocycles. The van der Waals surface area contributed by atoms with E-state index in [1.165, 1.54) is 25.0 Å². The first-order chi connectivity index (χ1) is 10.7. The summed E-state index contributed by atoms with van der Waals surface area (Å²) < 4.78 is 15.0. The molecule has 0 radical (unpaired) electrons. The van der Waals surface area contributed by atoms with E-state index >= 15 is 0 Å². The SMILES string of the molecule is Fc1ccc(-n2nccc2CN2CCC3(CCNC3)C2)cc1. The summed E-state index contributed by atoms with van der Waals surface area (Å²) in [4.78, 5) is 2.52. The van der Waals surface area contributed by atoms with E-state index in [2.05, 4.69) is 21.4 Å². The molecular formula is C17H21FN4. The molecule has 116 valence electrons. The first-order valence-corrected chi connectivity index (χ1v) is 7.96. The Bertz CT molecular complexity index is 643. The van der Waals surface area contributed by atoms with Crippen LogP contribution < -0.4 is 5.32 Å². The molecule has 0 aliphatic carbocycles. The fourth-order valence-electron chi connectivity index (χ4n) is 3.80. The average Bonchev–Trinajstić information content (AvgIpc) is 3.24. The molecule has 4 nitrogen and oxygen atoms in total. The third-order valence-corrected chi connectivity index (χ3v) is 5.03. The van der Waals surface area contributed by atoms with Gasteiger partial charge >= 0.3 is 0 Å². The van der Waals surface area contributed by atoms with Crippen LogP contribution in [0, 0.1) is 11.2 Å². The molecular weight excluding hydrogens is 279 g/mol. The van der Waals surface area contributed by atoms with Gasteiger partial charge in [0.1, 0.15) is 5.82 Å². The van der Waals surface area contributed by atoms with Crippen molar-refractivity contribution in [1.29, 1.82) is 0 Å². The molecule has 2 fully saturated rings. The number of aromatic nitrogens is 2. The number of benzene rings is 1. The number of halogens is 1. The predicted octanol–water partition coefficient (Wildman–Crippen LogP) is 2.20. The van der Waals surface area contributed by atoms with Crippen LogP contribution >= 0.6 is 0 Å². The van der Waals surface area contributed by atoms with E-state index in [0.717, 1.165) is 44.1 Å². The van der Waals surface area contributed by atoms with Gasteiger partial charge in [0, 0.05) is 25.8 Å². The van der Waals surface area contributed by atoms with Crippen LogP contribution in [0.2, 0.25) is 0 Å². The monoisotopic (exact) mass is 300 g/mol. The second-order valence-corrected chi connectivity index (χ2v) is 6.60. The largest absolute Gasteiger partial charge is 0.316 e. The van der Waals surface area contributed by atoms with Crippen LogP contribution in [0.4, 0.5) is 4.39 Å². The first-order valence-electron chi connectivity index (χ1n) is 7.96. The quantitative estimate of drug-likeness (QED) is 0.943. The van der Waals surface area contributed by atoms with Gasteiger partial charge in [0.15, 0.2) is 0 Å². The second kappa shape index (κ2) is 5.48. The van der Waals surface area contributed by atoms with Gasteiger partial charge in [-0.1, -0.05) is 0 Å². The lowest BCUT2D eigenvalue weighted by atomic mass is 9.87. The molecule has 2 aliphatic heterocycles. The van der Waals surface area contributed by atoms with Crippen LogP contribution in [-0.2, 0) is 6.54 Å². The second-order valence-electron chi connectivity index (χ2n) is 6.60. The van der Waals surface area contributed by atoms with E-state index in [-0.39, 0.29) is 5.82 Å². The minimum absolute atomic E-state index is 0.215. The Hall–Kier alpha value is -1.72. The Balaban J connectivity index is 1.50. The van der Waals surface area contributed by atoms with Gasteiger partial charge in [-0.3, -0.25) is 4.90 Å². The van der Waals surface area contributed by atoms with Gasteiger partial charge in [0.25, 0.3) is 0 Å². The zero-order valence-electron chi connectivity index (χ0n) is 12.6. The van der Waals surface area contributed by atoms with Gasteiger partial charge in [0.05, 0.1) is 11.4 Å². The molecule has 1 unspecified atom stereocenters. The van der Waals surface area contributed by atoms with Crippen molar-refractivity contribution in [1.82, 2.24) is 20.0 Å². The summed E-state index contributed by atoms with van der Waals surface area (Å²) in [6.07, 6.45) is 4.40. The number of rotatable bonds is 3. The highest BCUT2D eigenvalue weighted by Crippen LogP contribution is 2.36. The Labute approximate surface area is 129 Å². The Morgan fingerprint density at radius 1 is 1.18 bits per heavy atom. The van der Waals surface area contributed by atoms with Crippen molar-refractivity contribution < 1.29 is 4.39 Å². The standard InChI is InChI=1S/C17H21FN4/c18-14-1-3-15(4-2-14)22-16(5-8-20-22)11-21-10-7-17(13-21)6-9-19-12-17/h1-5,8,19H,6-7,9-13H2. The lowest BCUT2D eigenvalue weighted by Gasteiger charge is -2.23. The van der Waals surface area contributed by atoms with Gasteiger partial charge in [-0.15, -0.1) is 0 Å². The molecule has 0 bridgehead atoms. The maximum Gasteiger partial charge on any atom is 0.123 e. The minimum Gasteiger partial charge on any atom is -0.316 e. The van der Waals surface area contributed by atoms with Crippen molar-refractivity contribution in [3.8, 4) is 5.69 Å². The maximum atomic E-state index is 13.1. The van der Waals surface area contributed by atoms with Crippen molar-refractivity contribution in [2.24, 2.45) is 5.41 Å². The molecule has 5 heteroatoms. The molecule has 22 heavy (non-hydrogen) atoms. The summed E-state index contributed by atoms with van der Waals surface area (Å²) in [5.41, 5.74) is 2.56. The number of nitrogens with zero attached hydrogens (tertiary/aromatic N) is 3. The van der Waals surface area contributed by atoms with Gasteiger partial charge in [-0.25, -0.2) is 9.07 Å². The summed E-state index contributed by atoms with van der Waals surface area (Å²) in [6, 6.07) is 8.57. The van der Waals surface area contributed by atoms with E-state index in [9.17, 15) is 4.39 Å². The van der Waals surface area contributed by atoms with E-state index in [1.807, 2.05) is 10.9 Å². The molecule has 1 spiro atoms. The van der Waals surface area contributed by atoms with Gasteiger partial charge in [-0.2, -0.15) is 5.10 Å². The molecule has 0 amide bonds. The first kappa shape index (κ1) is 13.9. The van der Waals surface area contributed by atoms with Gasteiger partial charge in [0.2, 0.25) is 0 Å². The summed E-state index contributed by atoms with van der Waals surface area (Å²) in [5, 5.41) is 7.90. The zero-order valence-corrected chi connectivity index (χ0v) is 12.6. The van der Waals surface area contributed by atoms with Crippen LogP contribution in [-0.4, -0.2) is 40.9 Å². The third kappa shape index (κ3) is 2.55. The van der Waals surface area contributed by atoms with E-state index in [1.54, 1.807) is 12.1 Å². The van der Waals surface area contributed by atoms with Crippen LogP contribution in [0.1, 0.15) is 18.5 Å². The van der Waals surface area contributed by atoms with Crippen molar-refractivity contribution in [2.45, 2.75) is 19.4 Å². The van der Waals surface area contributed by atoms with E-state index < -0.39 is 0 Å². The summed E-state index contributed by atoms with van der Waals surface area (Å²) in [7, 11) is 0. The average molecular weight is 300 g/mol. The molecule has 2 aliphatic rings. The summed E-state index contributed by atoms with van der Waals surface area (Å²) in [6.45, 7) is 5.52. The van der Waals surface area contributed by atoms with Crippen molar-refractivity contribution in [3.05, 3.63) is 48.0 Å². The maximum absolute atomic E-state index is 13.1. The Kier molecular flexibility index (Phi) is 3.47. The molecule has 2 aromatic rings. The van der Waals surface area contributed by atoms with E-state index in [0.29, 0.717) is 5.41 Å².